The van der Waals surface area contributed by atoms with Gasteiger partial charge < -0.3 is 9.47 Å². The Morgan fingerprint density at radius 3 is 2.44 bits per heavy atom. The summed E-state index contributed by atoms with van der Waals surface area (Å²) in [5.74, 6) is 0.707. The summed E-state index contributed by atoms with van der Waals surface area (Å²) in [5, 5.41) is 1.23. The van der Waals surface area contributed by atoms with E-state index in [1.54, 1.807) is 14.2 Å². The zero-order valence-electron chi connectivity index (χ0n) is 11.0. The molecule has 1 amide bonds. The molecule has 0 heterocycles. The van der Waals surface area contributed by atoms with Crippen molar-refractivity contribution in [2.24, 2.45) is 0 Å². The molecule has 0 bridgehead atoms. The van der Waals surface area contributed by atoms with Gasteiger partial charge in [-0.3, -0.25) is 9.63 Å². The molecule has 0 aliphatic heterocycles. The van der Waals surface area contributed by atoms with Crippen LogP contribution in [0.4, 0.5) is 0 Å². The smallest absolute Gasteiger partial charge is 0.246 e. The van der Waals surface area contributed by atoms with E-state index in [2.05, 4.69) is 0 Å². The van der Waals surface area contributed by atoms with Gasteiger partial charge in [0.1, 0.15) is 5.75 Å². The second-order valence-corrected chi connectivity index (χ2v) is 3.77. The first-order valence-corrected chi connectivity index (χ1v) is 5.68. The highest BCUT2D eigenvalue weighted by Crippen LogP contribution is 2.13. The average Bonchev–Trinajstić information content (AvgIpc) is 2.42. The molecule has 0 aromatic heterocycles. The number of carbonyl (C=O) groups excluding carboxylic acids is 1. The molecule has 100 valence electrons. The van der Waals surface area contributed by atoms with Crippen molar-refractivity contribution in [3.63, 3.8) is 0 Å². The summed E-state index contributed by atoms with van der Waals surface area (Å²) in [5.41, 5.74) is 1.08. The quantitative estimate of drug-likeness (QED) is 0.547. The summed E-state index contributed by atoms with van der Waals surface area (Å²) in [6, 6.07) is 7.59. The molecule has 0 radical (unpaired) electrons. The van der Waals surface area contributed by atoms with E-state index < -0.39 is 0 Å². The van der Waals surface area contributed by atoms with E-state index in [1.807, 2.05) is 24.3 Å². The fraction of sp³-hybridized carbons (Fsp3) is 0.462. The van der Waals surface area contributed by atoms with Gasteiger partial charge in [-0.15, -0.1) is 0 Å². The first-order chi connectivity index (χ1) is 8.67. The van der Waals surface area contributed by atoms with Crippen LogP contribution < -0.4 is 4.74 Å². The van der Waals surface area contributed by atoms with Crippen molar-refractivity contribution in [3.8, 4) is 5.75 Å². The zero-order valence-corrected chi connectivity index (χ0v) is 11.0. The molecule has 0 atom stereocenters. The average molecular weight is 253 g/mol. The van der Waals surface area contributed by atoms with E-state index in [9.17, 15) is 4.79 Å². The Morgan fingerprint density at radius 1 is 1.22 bits per heavy atom. The molecule has 0 saturated carbocycles. The largest absolute Gasteiger partial charge is 0.468 e. The number of hydrogen-bond donors (Lipinski definition) is 0. The maximum absolute atomic E-state index is 11.5. The van der Waals surface area contributed by atoms with Crippen molar-refractivity contribution in [1.82, 2.24) is 5.06 Å². The molecule has 0 unspecified atom stereocenters. The minimum Gasteiger partial charge on any atom is -0.468 e. The van der Waals surface area contributed by atoms with Gasteiger partial charge in [0.15, 0.2) is 6.79 Å². The van der Waals surface area contributed by atoms with Crippen LogP contribution in [0.15, 0.2) is 24.3 Å². The highest BCUT2D eigenvalue weighted by atomic mass is 16.7. The Hall–Kier alpha value is -1.59. The van der Waals surface area contributed by atoms with Gasteiger partial charge in [-0.25, -0.2) is 5.06 Å². The van der Waals surface area contributed by atoms with Crippen LogP contribution in [0.25, 0.3) is 0 Å². The molecule has 1 aromatic rings. The van der Waals surface area contributed by atoms with Gasteiger partial charge in [0, 0.05) is 20.6 Å². The molecular formula is C13H19NO4. The van der Waals surface area contributed by atoms with Crippen molar-refractivity contribution in [3.05, 3.63) is 29.8 Å². The first kappa shape index (κ1) is 14.5. The molecule has 1 rings (SSSR count). The van der Waals surface area contributed by atoms with Crippen molar-refractivity contribution in [1.29, 1.82) is 0 Å². The Labute approximate surface area is 107 Å². The number of hydroxylamine groups is 2. The van der Waals surface area contributed by atoms with Gasteiger partial charge in [0.05, 0.1) is 7.11 Å². The molecule has 0 N–H and O–H groups in total. The minimum absolute atomic E-state index is 0.0443. The lowest BCUT2D eigenvalue weighted by atomic mass is 10.1. The van der Waals surface area contributed by atoms with Crippen LogP contribution >= 0.6 is 0 Å². The number of benzene rings is 1. The van der Waals surface area contributed by atoms with Crippen LogP contribution in [0.3, 0.4) is 0 Å². The van der Waals surface area contributed by atoms with Crippen LogP contribution in [0, 0.1) is 0 Å². The Kier molecular flexibility index (Phi) is 6.18. The molecule has 0 spiro atoms. The summed E-state index contributed by atoms with van der Waals surface area (Å²) in [4.78, 5) is 16.3. The molecule has 5 nitrogen and oxygen atoms in total. The number of carbonyl (C=O) groups is 1. The lowest BCUT2D eigenvalue weighted by Gasteiger charge is -2.13. The third-order valence-corrected chi connectivity index (χ3v) is 2.52. The topological polar surface area (TPSA) is 48.0 Å². The summed E-state index contributed by atoms with van der Waals surface area (Å²) in [6.45, 7) is 0.233. The monoisotopic (exact) mass is 253 g/mol. The third-order valence-electron chi connectivity index (χ3n) is 2.52. The molecule has 0 fully saturated rings. The highest BCUT2D eigenvalue weighted by Gasteiger charge is 2.07. The normalized spacial score (nSPS) is 10.2. The summed E-state index contributed by atoms with van der Waals surface area (Å²) < 4.78 is 10.1. The van der Waals surface area contributed by atoms with E-state index in [-0.39, 0.29) is 12.7 Å². The minimum atomic E-state index is -0.0443. The van der Waals surface area contributed by atoms with Crippen LogP contribution in [0.5, 0.6) is 5.75 Å². The van der Waals surface area contributed by atoms with Gasteiger partial charge in [0.2, 0.25) is 5.91 Å². The number of amides is 1. The van der Waals surface area contributed by atoms with E-state index in [0.29, 0.717) is 12.8 Å². The predicted octanol–water partition coefficient (Wildman–Crippen LogP) is 1.62. The zero-order chi connectivity index (χ0) is 13.4. The highest BCUT2D eigenvalue weighted by molar-refractivity contribution is 5.75. The molecule has 0 aliphatic rings. The molecule has 18 heavy (non-hydrogen) atoms. The van der Waals surface area contributed by atoms with E-state index in [4.69, 9.17) is 14.3 Å². The van der Waals surface area contributed by atoms with Gasteiger partial charge in [-0.05, 0) is 24.1 Å². The number of hydrogen-bond acceptors (Lipinski definition) is 4. The fourth-order valence-electron chi connectivity index (χ4n) is 1.39. The van der Waals surface area contributed by atoms with Crippen LogP contribution in [-0.2, 0) is 20.8 Å². The van der Waals surface area contributed by atoms with E-state index in [1.165, 1.54) is 12.2 Å². The maximum Gasteiger partial charge on any atom is 0.246 e. The molecule has 5 heteroatoms. The molecule has 0 saturated heterocycles. The summed E-state index contributed by atoms with van der Waals surface area (Å²) >= 11 is 0. The number of rotatable bonds is 7. The standard InChI is InChI=1S/C13H19NO4/c1-14(17-3)13(15)9-6-11-4-7-12(8-5-11)18-10-16-2/h4-5,7-8H,6,9-10H2,1-3H3. The third kappa shape index (κ3) is 4.73. The number of nitrogens with zero attached hydrogens (tertiary/aromatic N) is 1. The van der Waals surface area contributed by atoms with Crippen molar-refractivity contribution in [2.75, 3.05) is 28.1 Å². The van der Waals surface area contributed by atoms with Crippen molar-refractivity contribution >= 4 is 5.91 Å². The fourth-order valence-corrected chi connectivity index (χ4v) is 1.39. The summed E-state index contributed by atoms with van der Waals surface area (Å²) in [7, 11) is 4.65. The Balaban J connectivity index is 2.41. The molecular weight excluding hydrogens is 234 g/mol. The van der Waals surface area contributed by atoms with Crippen LogP contribution in [0.2, 0.25) is 0 Å². The second-order valence-electron chi connectivity index (χ2n) is 3.77. The van der Waals surface area contributed by atoms with E-state index in [0.717, 1.165) is 11.3 Å². The predicted molar refractivity (Wildman–Crippen MR) is 67.0 cm³/mol. The second kappa shape index (κ2) is 7.68. The molecule has 1 aromatic carbocycles. The van der Waals surface area contributed by atoms with Crippen LogP contribution in [0.1, 0.15) is 12.0 Å². The summed E-state index contributed by atoms with van der Waals surface area (Å²) in [6.07, 6.45) is 1.10. The Morgan fingerprint density at radius 2 is 1.89 bits per heavy atom. The van der Waals surface area contributed by atoms with Gasteiger partial charge in [0.25, 0.3) is 0 Å². The SMILES string of the molecule is COCOc1ccc(CCC(=O)N(C)OC)cc1. The van der Waals surface area contributed by atoms with Gasteiger partial charge in [-0.1, -0.05) is 12.1 Å². The lowest BCUT2D eigenvalue weighted by molar-refractivity contribution is -0.168. The van der Waals surface area contributed by atoms with Crippen LogP contribution in [-0.4, -0.2) is 39.0 Å². The number of aryl methyl sites for hydroxylation is 1. The van der Waals surface area contributed by atoms with Crippen molar-refractivity contribution in [2.45, 2.75) is 12.8 Å². The Bertz CT molecular complexity index is 364. The first-order valence-electron chi connectivity index (χ1n) is 5.68. The number of methoxy groups -OCH3 is 1. The van der Waals surface area contributed by atoms with Gasteiger partial charge >= 0.3 is 0 Å². The number of ether oxygens (including phenoxy) is 2. The maximum atomic E-state index is 11.5. The van der Waals surface area contributed by atoms with Crippen molar-refractivity contribution < 1.29 is 19.1 Å². The van der Waals surface area contributed by atoms with Gasteiger partial charge in [-0.2, -0.15) is 0 Å². The lowest BCUT2D eigenvalue weighted by Crippen LogP contribution is -2.25. The van der Waals surface area contributed by atoms with E-state index >= 15 is 0 Å². The molecule has 0 aliphatic carbocycles.